The maximum Gasteiger partial charge on any atom is 0.291 e. The molecule has 0 fully saturated rings. The topological polar surface area (TPSA) is 78.7 Å². The van der Waals surface area contributed by atoms with Gasteiger partial charge in [-0.3, -0.25) is 10.2 Å². The molecular formula is C24H23ClN4O2S. The van der Waals surface area contributed by atoms with Crippen LogP contribution in [0.25, 0.3) is 0 Å². The van der Waals surface area contributed by atoms with Gasteiger partial charge in [0.15, 0.2) is 10.9 Å². The molecule has 3 N–H and O–H groups in total. The van der Waals surface area contributed by atoms with E-state index in [1.54, 1.807) is 6.07 Å². The lowest BCUT2D eigenvalue weighted by atomic mass is 9.93. The Labute approximate surface area is 197 Å². The highest BCUT2D eigenvalue weighted by Crippen LogP contribution is 2.30. The third-order valence-electron chi connectivity index (χ3n) is 5.29. The fourth-order valence-corrected chi connectivity index (χ4v) is 4.00. The number of carbonyl (C=O) groups excluding carboxylic acids is 1. The summed E-state index contributed by atoms with van der Waals surface area (Å²) < 4.78 is 5.96. The quantitative estimate of drug-likeness (QED) is 0.333. The Morgan fingerprint density at radius 2 is 1.84 bits per heavy atom. The minimum atomic E-state index is -0.314. The Morgan fingerprint density at radius 3 is 2.59 bits per heavy atom. The van der Waals surface area contributed by atoms with E-state index < -0.39 is 0 Å². The van der Waals surface area contributed by atoms with Gasteiger partial charge in [-0.15, -0.1) is 0 Å². The third kappa shape index (κ3) is 4.84. The van der Waals surface area contributed by atoms with Crippen LogP contribution in [-0.4, -0.2) is 16.7 Å². The van der Waals surface area contributed by atoms with Crippen molar-refractivity contribution in [2.45, 2.75) is 33.1 Å². The predicted molar refractivity (Wildman–Crippen MR) is 133 cm³/mol. The van der Waals surface area contributed by atoms with E-state index in [1.807, 2.05) is 56.3 Å². The first-order valence-electron chi connectivity index (χ1n) is 10.3. The highest BCUT2D eigenvalue weighted by atomic mass is 35.5. The molecule has 8 heteroatoms. The Kier molecular flexibility index (Phi) is 6.58. The van der Waals surface area contributed by atoms with Crippen LogP contribution in [0.1, 0.15) is 45.8 Å². The smallest absolute Gasteiger partial charge is 0.291 e. The van der Waals surface area contributed by atoms with Gasteiger partial charge in [-0.1, -0.05) is 35.9 Å². The molecule has 0 bridgehead atoms. The molecule has 0 spiro atoms. The number of amides is 1. The second-order valence-corrected chi connectivity index (χ2v) is 8.43. The van der Waals surface area contributed by atoms with Gasteiger partial charge in [-0.05, 0) is 68.7 Å². The number of hydrazone groups is 1. The summed E-state index contributed by atoms with van der Waals surface area (Å²) >= 11 is 11.5. The summed E-state index contributed by atoms with van der Waals surface area (Å²) in [6, 6.07) is 15.0. The first-order valence-corrected chi connectivity index (χ1v) is 11.1. The number of fused-ring (bicyclic) bond motifs is 1. The van der Waals surface area contributed by atoms with Crippen LogP contribution in [0.2, 0.25) is 5.02 Å². The van der Waals surface area contributed by atoms with Crippen LogP contribution in [0.3, 0.4) is 0 Å². The van der Waals surface area contributed by atoms with Crippen molar-refractivity contribution in [1.82, 2.24) is 5.43 Å². The van der Waals surface area contributed by atoms with E-state index in [9.17, 15) is 4.79 Å². The van der Waals surface area contributed by atoms with E-state index in [-0.39, 0.29) is 11.7 Å². The molecule has 1 heterocycles. The maximum absolute atomic E-state index is 12.9. The number of halogens is 1. The second kappa shape index (κ2) is 9.54. The molecule has 1 aliphatic rings. The molecule has 32 heavy (non-hydrogen) atoms. The van der Waals surface area contributed by atoms with Gasteiger partial charge in [0, 0.05) is 33.9 Å². The molecule has 0 saturated heterocycles. The molecular weight excluding hydrogens is 444 g/mol. The average Bonchev–Trinajstić information content (AvgIpc) is 3.13. The summed E-state index contributed by atoms with van der Waals surface area (Å²) in [6.07, 6.45) is 2.41. The van der Waals surface area contributed by atoms with Crippen molar-refractivity contribution in [3.63, 3.8) is 0 Å². The van der Waals surface area contributed by atoms with E-state index in [0.717, 1.165) is 53.1 Å². The van der Waals surface area contributed by atoms with Crippen LogP contribution < -0.4 is 16.1 Å². The molecule has 1 aromatic heterocycles. The third-order valence-corrected chi connectivity index (χ3v) is 5.89. The fraction of sp³-hybridized carbons (Fsp3) is 0.208. The van der Waals surface area contributed by atoms with Crippen molar-refractivity contribution in [2.24, 2.45) is 5.10 Å². The van der Waals surface area contributed by atoms with E-state index in [2.05, 4.69) is 21.2 Å². The summed E-state index contributed by atoms with van der Waals surface area (Å²) in [5.41, 5.74) is 7.81. The molecule has 6 nitrogen and oxygen atoms in total. The SMILES string of the molecule is Cc1ccc(NC(=O)c2oc3c(c2C)/C(=N/NC(=S)Nc2ccccc2)CCC3)cc1Cl. The molecule has 0 unspecified atom stereocenters. The number of furan rings is 1. The standard InChI is InChI=1S/C24H23ClN4O2S/c1-14-11-12-17(13-18(14)25)26-23(30)22-15(2)21-19(9-6-10-20(21)31-22)28-29-24(32)27-16-7-4-3-5-8-16/h3-5,7-8,11-13H,6,9-10H2,1-2H3,(H,26,30)(H2,27,29,32)/b28-19+. The molecule has 3 aromatic rings. The zero-order valence-corrected chi connectivity index (χ0v) is 19.4. The van der Waals surface area contributed by atoms with E-state index in [1.165, 1.54) is 0 Å². The van der Waals surface area contributed by atoms with E-state index in [0.29, 0.717) is 15.8 Å². The molecule has 0 radical (unpaired) electrons. The van der Waals surface area contributed by atoms with Crippen LogP contribution in [0, 0.1) is 13.8 Å². The summed E-state index contributed by atoms with van der Waals surface area (Å²) in [6.45, 7) is 3.79. The summed E-state index contributed by atoms with van der Waals surface area (Å²) in [5.74, 6) is 0.736. The molecule has 0 aliphatic heterocycles. The van der Waals surface area contributed by atoms with Crippen LogP contribution in [0.4, 0.5) is 11.4 Å². The van der Waals surface area contributed by atoms with E-state index in [4.69, 9.17) is 28.2 Å². The number of nitrogens with zero attached hydrogens (tertiary/aromatic N) is 1. The van der Waals surface area contributed by atoms with Crippen molar-refractivity contribution in [2.75, 3.05) is 10.6 Å². The fourth-order valence-electron chi connectivity index (χ4n) is 3.65. The monoisotopic (exact) mass is 466 g/mol. The van der Waals surface area contributed by atoms with Gasteiger partial charge >= 0.3 is 0 Å². The Bertz CT molecular complexity index is 1200. The number of rotatable bonds is 4. The number of aryl methyl sites for hydroxylation is 2. The van der Waals surface area contributed by atoms with Gasteiger partial charge in [-0.25, -0.2) is 0 Å². The lowest BCUT2D eigenvalue weighted by Gasteiger charge is -2.14. The van der Waals surface area contributed by atoms with Crippen molar-refractivity contribution in [3.05, 3.63) is 81.8 Å². The Morgan fingerprint density at radius 1 is 1.06 bits per heavy atom. The summed E-state index contributed by atoms with van der Waals surface area (Å²) in [7, 11) is 0. The zero-order chi connectivity index (χ0) is 22.7. The van der Waals surface area contributed by atoms with Gasteiger partial charge in [0.05, 0.1) is 5.71 Å². The van der Waals surface area contributed by atoms with Gasteiger partial charge < -0.3 is 15.1 Å². The van der Waals surface area contributed by atoms with Gasteiger partial charge in [0.2, 0.25) is 0 Å². The first-order chi connectivity index (χ1) is 15.4. The number of carbonyl (C=O) groups is 1. The Hall–Kier alpha value is -3.16. The van der Waals surface area contributed by atoms with Crippen LogP contribution in [0.5, 0.6) is 0 Å². The number of anilines is 2. The highest BCUT2D eigenvalue weighted by molar-refractivity contribution is 7.80. The minimum Gasteiger partial charge on any atom is -0.455 e. The average molecular weight is 467 g/mol. The van der Waals surface area contributed by atoms with Crippen LogP contribution in [-0.2, 0) is 6.42 Å². The number of thiocarbonyl (C=S) groups is 1. The molecule has 0 saturated carbocycles. The molecule has 0 atom stereocenters. The molecule has 1 amide bonds. The molecule has 4 rings (SSSR count). The number of hydrogen-bond donors (Lipinski definition) is 3. The normalized spacial score (nSPS) is 14.0. The number of hydrogen-bond acceptors (Lipinski definition) is 4. The van der Waals surface area contributed by atoms with Crippen molar-refractivity contribution < 1.29 is 9.21 Å². The predicted octanol–water partition coefficient (Wildman–Crippen LogP) is 5.83. The van der Waals surface area contributed by atoms with Crippen molar-refractivity contribution in [1.29, 1.82) is 0 Å². The number of nitrogens with one attached hydrogen (secondary N) is 3. The number of para-hydroxylation sites is 1. The van der Waals surface area contributed by atoms with Crippen LogP contribution in [0.15, 0.2) is 58.0 Å². The van der Waals surface area contributed by atoms with Gasteiger partial charge in [-0.2, -0.15) is 5.10 Å². The largest absolute Gasteiger partial charge is 0.455 e. The van der Waals surface area contributed by atoms with Gasteiger partial charge in [0.1, 0.15) is 5.76 Å². The molecule has 164 valence electrons. The molecule has 2 aromatic carbocycles. The minimum absolute atomic E-state index is 0.284. The van der Waals surface area contributed by atoms with Crippen LogP contribution >= 0.6 is 23.8 Å². The van der Waals surface area contributed by atoms with Crippen molar-refractivity contribution in [3.8, 4) is 0 Å². The lowest BCUT2D eigenvalue weighted by molar-refractivity contribution is 0.0994. The van der Waals surface area contributed by atoms with Crippen molar-refractivity contribution >= 4 is 51.9 Å². The number of benzene rings is 2. The lowest BCUT2D eigenvalue weighted by Crippen LogP contribution is -2.26. The summed E-state index contributed by atoms with van der Waals surface area (Å²) in [4.78, 5) is 12.9. The highest BCUT2D eigenvalue weighted by Gasteiger charge is 2.28. The van der Waals surface area contributed by atoms with Gasteiger partial charge in [0.25, 0.3) is 5.91 Å². The maximum atomic E-state index is 12.9. The molecule has 1 aliphatic carbocycles. The van der Waals surface area contributed by atoms with E-state index >= 15 is 0 Å². The first kappa shape index (κ1) is 22.0. The Balaban J connectivity index is 1.51. The second-order valence-electron chi connectivity index (χ2n) is 7.62. The summed E-state index contributed by atoms with van der Waals surface area (Å²) in [5, 5.41) is 11.5. The zero-order valence-electron chi connectivity index (χ0n) is 17.8.